The second-order valence-corrected chi connectivity index (χ2v) is 5.86. The molecule has 0 spiro atoms. The summed E-state index contributed by atoms with van der Waals surface area (Å²) in [7, 11) is 1.61. The van der Waals surface area contributed by atoms with Gasteiger partial charge in [-0.05, 0) is 56.3 Å². The highest BCUT2D eigenvalue weighted by Gasteiger charge is 2.37. The maximum absolute atomic E-state index is 11.5. The first-order valence-electron chi connectivity index (χ1n) is 7.40. The van der Waals surface area contributed by atoms with E-state index in [1.54, 1.807) is 13.2 Å². The van der Waals surface area contributed by atoms with Crippen molar-refractivity contribution in [3.8, 4) is 5.75 Å². The van der Waals surface area contributed by atoms with Gasteiger partial charge in [0.15, 0.2) is 0 Å². The molecule has 1 amide bonds. The van der Waals surface area contributed by atoms with Crippen molar-refractivity contribution in [2.24, 2.45) is 11.7 Å². The third-order valence-electron chi connectivity index (χ3n) is 4.79. The van der Waals surface area contributed by atoms with Crippen molar-refractivity contribution in [1.82, 2.24) is 4.90 Å². The summed E-state index contributed by atoms with van der Waals surface area (Å²) in [6.07, 6.45) is 4.85. The van der Waals surface area contributed by atoms with E-state index in [1.807, 2.05) is 6.07 Å². The van der Waals surface area contributed by atoms with E-state index in [0.717, 1.165) is 18.0 Å². The second kappa shape index (κ2) is 5.44. The zero-order chi connectivity index (χ0) is 14.1. The fourth-order valence-corrected chi connectivity index (χ4v) is 3.89. The summed E-state index contributed by atoms with van der Waals surface area (Å²) >= 11 is 0. The molecule has 2 aliphatic rings. The van der Waals surface area contributed by atoms with Crippen molar-refractivity contribution in [2.45, 2.75) is 31.7 Å². The number of methoxy groups -OCH3 is 1. The van der Waals surface area contributed by atoms with Crippen molar-refractivity contribution in [2.75, 3.05) is 20.2 Å². The molecule has 108 valence electrons. The smallest absolute Gasteiger partial charge is 0.252 e. The quantitative estimate of drug-likeness (QED) is 0.911. The predicted molar refractivity (Wildman–Crippen MR) is 77.9 cm³/mol. The Labute approximate surface area is 119 Å². The fourth-order valence-electron chi connectivity index (χ4n) is 3.89. The Balaban J connectivity index is 1.84. The molecular weight excluding hydrogens is 252 g/mol. The van der Waals surface area contributed by atoms with E-state index < -0.39 is 5.91 Å². The van der Waals surface area contributed by atoms with E-state index >= 15 is 0 Å². The van der Waals surface area contributed by atoms with Crippen LogP contribution in [-0.2, 0) is 6.42 Å². The molecule has 2 fully saturated rings. The lowest BCUT2D eigenvalue weighted by Gasteiger charge is -2.21. The number of benzene rings is 1. The van der Waals surface area contributed by atoms with E-state index in [1.165, 1.54) is 32.4 Å². The standard InChI is InChI=1S/C16H22N2O2/c1-20-15-12(4-2-5-13(15)16(17)19)10-11-7-9-18-8-3-6-14(11)18/h2,4-5,11,14H,3,6-10H2,1H3,(H2,17,19). The first kappa shape index (κ1) is 13.4. The third-order valence-corrected chi connectivity index (χ3v) is 4.79. The summed E-state index contributed by atoms with van der Waals surface area (Å²) < 4.78 is 5.44. The minimum absolute atomic E-state index is 0.419. The molecule has 20 heavy (non-hydrogen) atoms. The highest BCUT2D eigenvalue weighted by Crippen LogP contribution is 2.36. The van der Waals surface area contributed by atoms with Gasteiger partial charge in [-0.15, -0.1) is 0 Å². The van der Waals surface area contributed by atoms with Crippen LogP contribution in [0.15, 0.2) is 18.2 Å². The lowest BCUT2D eigenvalue weighted by Crippen LogP contribution is -2.27. The van der Waals surface area contributed by atoms with Gasteiger partial charge in [-0.3, -0.25) is 4.79 Å². The zero-order valence-corrected chi connectivity index (χ0v) is 12.0. The number of ether oxygens (including phenoxy) is 1. The molecule has 0 aromatic heterocycles. The molecule has 2 saturated heterocycles. The largest absolute Gasteiger partial charge is 0.496 e. The monoisotopic (exact) mass is 274 g/mol. The Morgan fingerprint density at radius 1 is 1.40 bits per heavy atom. The van der Waals surface area contributed by atoms with Crippen molar-refractivity contribution >= 4 is 5.91 Å². The molecule has 2 N–H and O–H groups in total. The van der Waals surface area contributed by atoms with Crippen LogP contribution in [0.4, 0.5) is 0 Å². The number of hydrogen-bond acceptors (Lipinski definition) is 3. The Kier molecular flexibility index (Phi) is 3.66. The summed E-state index contributed by atoms with van der Waals surface area (Å²) in [5.74, 6) is 0.920. The van der Waals surface area contributed by atoms with Gasteiger partial charge in [0.2, 0.25) is 0 Å². The number of rotatable bonds is 4. The van der Waals surface area contributed by atoms with Gasteiger partial charge in [0.25, 0.3) is 5.91 Å². The number of para-hydroxylation sites is 1. The molecule has 0 aliphatic carbocycles. The van der Waals surface area contributed by atoms with Gasteiger partial charge in [0.1, 0.15) is 5.75 Å². The summed E-state index contributed by atoms with van der Waals surface area (Å²) in [6, 6.07) is 6.42. The number of nitrogens with two attached hydrogens (primary N) is 1. The summed E-state index contributed by atoms with van der Waals surface area (Å²) in [4.78, 5) is 14.1. The van der Waals surface area contributed by atoms with E-state index in [2.05, 4.69) is 11.0 Å². The maximum atomic E-state index is 11.5. The molecule has 1 aromatic carbocycles. The molecule has 0 radical (unpaired) electrons. The van der Waals surface area contributed by atoms with Crippen LogP contribution < -0.4 is 10.5 Å². The van der Waals surface area contributed by atoms with Gasteiger partial charge >= 0.3 is 0 Å². The summed E-state index contributed by atoms with van der Waals surface area (Å²) in [5.41, 5.74) is 7.03. The predicted octanol–water partition coefficient (Wildman–Crippen LogP) is 1.82. The number of nitrogens with zero attached hydrogens (tertiary/aromatic N) is 1. The van der Waals surface area contributed by atoms with E-state index in [0.29, 0.717) is 17.2 Å². The van der Waals surface area contributed by atoms with Crippen LogP contribution in [0.25, 0.3) is 0 Å². The maximum Gasteiger partial charge on any atom is 0.252 e. The molecule has 1 aromatic rings. The van der Waals surface area contributed by atoms with Crippen LogP contribution in [0.3, 0.4) is 0 Å². The molecule has 2 aliphatic heterocycles. The van der Waals surface area contributed by atoms with Gasteiger partial charge < -0.3 is 15.4 Å². The van der Waals surface area contributed by atoms with Gasteiger partial charge in [0, 0.05) is 6.04 Å². The topological polar surface area (TPSA) is 55.6 Å². The van der Waals surface area contributed by atoms with Gasteiger partial charge in [-0.25, -0.2) is 0 Å². The van der Waals surface area contributed by atoms with Crippen molar-refractivity contribution in [3.05, 3.63) is 29.3 Å². The third kappa shape index (κ3) is 2.29. The Bertz CT molecular complexity index is 515. The zero-order valence-electron chi connectivity index (χ0n) is 12.0. The van der Waals surface area contributed by atoms with Crippen LogP contribution in [0.1, 0.15) is 35.2 Å². The van der Waals surface area contributed by atoms with E-state index in [-0.39, 0.29) is 0 Å². The Morgan fingerprint density at radius 3 is 3.00 bits per heavy atom. The molecule has 0 bridgehead atoms. The number of hydrogen-bond donors (Lipinski definition) is 1. The number of amides is 1. The minimum Gasteiger partial charge on any atom is -0.496 e. The second-order valence-electron chi connectivity index (χ2n) is 5.86. The van der Waals surface area contributed by atoms with Crippen LogP contribution in [-0.4, -0.2) is 37.0 Å². The molecular formula is C16H22N2O2. The molecule has 4 heteroatoms. The van der Waals surface area contributed by atoms with E-state index in [4.69, 9.17) is 10.5 Å². The van der Waals surface area contributed by atoms with Gasteiger partial charge in [-0.2, -0.15) is 0 Å². The van der Waals surface area contributed by atoms with Crippen LogP contribution >= 0.6 is 0 Å². The van der Waals surface area contributed by atoms with Crippen molar-refractivity contribution in [1.29, 1.82) is 0 Å². The minimum atomic E-state index is -0.419. The molecule has 2 unspecified atom stereocenters. The number of carbonyl (C=O) groups excluding carboxylic acids is 1. The number of primary amides is 1. The summed E-state index contributed by atoms with van der Waals surface area (Å²) in [6.45, 7) is 2.47. The van der Waals surface area contributed by atoms with Gasteiger partial charge in [-0.1, -0.05) is 12.1 Å². The molecule has 4 nitrogen and oxygen atoms in total. The highest BCUT2D eigenvalue weighted by molar-refractivity contribution is 5.96. The first-order valence-corrected chi connectivity index (χ1v) is 7.40. The summed E-state index contributed by atoms with van der Waals surface area (Å²) in [5, 5.41) is 0. The molecule has 2 atom stereocenters. The van der Waals surface area contributed by atoms with Gasteiger partial charge in [0.05, 0.1) is 12.7 Å². The average Bonchev–Trinajstić information content (AvgIpc) is 3.03. The molecule has 0 saturated carbocycles. The lowest BCUT2D eigenvalue weighted by molar-refractivity contribution is 0.0997. The van der Waals surface area contributed by atoms with Crippen LogP contribution in [0, 0.1) is 5.92 Å². The highest BCUT2D eigenvalue weighted by atomic mass is 16.5. The lowest BCUT2D eigenvalue weighted by atomic mass is 9.90. The fraction of sp³-hybridized carbons (Fsp3) is 0.562. The SMILES string of the molecule is COc1c(CC2CCN3CCCC23)cccc1C(N)=O. The van der Waals surface area contributed by atoms with E-state index in [9.17, 15) is 4.79 Å². The number of fused-ring (bicyclic) bond motifs is 1. The Morgan fingerprint density at radius 2 is 2.25 bits per heavy atom. The van der Waals surface area contributed by atoms with Crippen LogP contribution in [0.2, 0.25) is 0 Å². The van der Waals surface area contributed by atoms with Crippen molar-refractivity contribution in [3.63, 3.8) is 0 Å². The van der Waals surface area contributed by atoms with Crippen LogP contribution in [0.5, 0.6) is 5.75 Å². The number of carbonyl (C=O) groups is 1. The first-order chi connectivity index (χ1) is 9.70. The normalized spacial score (nSPS) is 25.6. The Hall–Kier alpha value is -1.55. The molecule has 2 heterocycles. The molecule has 3 rings (SSSR count). The van der Waals surface area contributed by atoms with Crippen molar-refractivity contribution < 1.29 is 9.53 Å². The average molecular weight is 274 g/mol.